The molecule has 0 bridgehead atoms. The summed E-state index contributed by atoms with van der Waals surface area (Å²) in [6.45, 7) is 1.69. The quantitative estimate of drug-likeness (QED) is 0.790. The molecular formula is C16H14N2O2. The van der Waals surface area contributed by atoms with Gasteiger partial charge in [0.15, 0.2) is 5.76 Å². The first-order chi connectivity index (χ1) is 9.78. The number of oxazole rings is 1. The zero-order valence-electron chi connectivity index (χ0n) is 11.1. The van der Waals surface area contributed by atoms with Gasteiger partial charge in [0, 0.05) is 23.5 Å². The molecule has 0 aliphatic heterocycles. The van der Waals surface area contributed by atoms with Gasteiger partial charge in [0.1, 0.15) is 6.61 Å². The summed E-state index contributed by atoms with van der Waals surface area (Å²) in [6.07, 6.45) is 3.57. The van der Waals surface area contributed by atoms with Crippen molar-refractivity contribution in [2.45, 2.75) is 13.5 Å². The lowest BCUT2D eigenvalue weighted by atomic mass is 10.0. The molecular weight excluding hydrogens is 252 g/mol. The first-order valence-corrected chi connectivity index (χ1v) is 6.36. The number of aryl methyl sites for hydroxylation is 1. The van der Waals surface area contributed by atoms with Crippen molar-refractivity contribution in [1.29, 1.82) is 0 Å². The second-order valence-corrected chi connectivity index (χ2v) is 4.51. The predicted molar refractivity (Wildman–Crippen MR) is 75.8 cm³/mol. The largest absolute Gasteiger partial charge is 0.438 e. The van der Waals surface area contributed by atoms with Crippen molar-refractivity contribution in [1.82, 2.24) is 9.97 Å². The minimum Gasteiger partial charge on any atom is -0.438 e. The van der Waals surface area contributed by atoms with E-state index in [0.29, 0.717) is 17.3 Å². The Kier molecular flexibility index (Phi) is 3.31. The van der Waals surface area contributed by atoms with Crippen molar-refractivity contribution >= 4 is 0 Å². The van der Waals surface area contributed by atoms with E-state index in [1.807, 2.05) is 49.5 Å². The van der Waals surface area contributed by atoms with E-state index < -0.39 is 0 Å². The Labute approximate surface area is 116 Å². The van der Waals surface area contributed by atoms with Crippen LogP contribution in [0.4, 0.5) is 0 Å². The summed E-state index contributed by atoms with van der Waals surface area (Å²) in [4.78, 5) is 8.47. The maximum atomic E-state index is 9.17. The van der Waals surface area contributed by atoms with Gasteiger partial charge >= 0.3 is 0 Å². The van der Waals surface area contributed by atoms with Crippen LogP contribution >= 0.6 is 0 Å². The molecule has 2 heterocycles. The van der Waals surface area contributed by atoms with Crippen LogP contribution in [0.3, 0.4) is 0 Å². The molecule has 0 radical (unpaired) electrons. The summed E-state index contributed by atoms with van der Waals surface area (Å²) in [5, 5.41) is 9.17. The van der Waals surface area contributed by atoms with E-state index in [1.165, 1.54) is 0 Å². The van der Waals surface area contributed by atoms with Crippen molar-refractivity contribution in [3.8, 4) is 22.6 Å². The minimum absolute atomic E-state index is 0.138. The van der Waals surface area contributed by atoms with E-state index in [1.54, 1.807) is 6.20 Å². The van der Waals surface area contributed by atoms with Crippen molar-refractivity contribution in [3.05, 3.63) is 60.2 Å². The van der Waals surface area contributed by atoms with E-state index in [-0.39, 0.29) is 6.61 Å². The predicted octanol–water partition coefficient (Wildman–Crippen LogP) is 3.20. The highest BCUT2D eigenvalue weighted by molar-refractivity contribution is 5.69. The lowest BCUT2D eigenvalue weighted by Gasteiger charge is -2.02. The third-order valence-electron chi connectivity index (χ3n) is 3.14. The van der Waals surface area contributed by atoms with Gasteiger partial charge in [0.25, 0.3) is 0 Å². The smallest absolute Gasteiger partial charge is 0.226 e. The molecule has 0 atom stereocenters. The van der Waals surface area contributed by atoms with Crippen LogP contribution in [-0.4, -0.2) is 15.1 Å². The normalized spacial score (nSPS) is 10.7. The van der Waals surface area contributed by atoms with Gasteiger partial charge in [0.05, 0.1) is 5.69 Å². The second kappa shape index (κ2) is 5.27. The number of pyridine rings is 1. The standard InChI is InChI=1S/C16H14N2O2/c1-11-15(10-19)20-16(18-11)13-5-2-4-12(8-13)14-6-3-7-17-9-14/h2-9,19H,10H2,1H3. The molecule has 0 aliphatic rings. The SMILES string of the molecule is Cc1nc(-c2cccc(-c3cccnc3)c2)oc1CO. The Morgan fingerprint density at radius 3 is 2.60 bits per heavy atom. The second-order valence-electron chi connectivity index (χ2n) is 4.51. The lowest BCUT2D eigenvalue weighted by molar-refractivity contribution is 0.247. The molecule has 3 rings (SSSR count). The Bertz CT molecular complexity index is 720. The number of aliphatic hydroxyl groups excluding tert-OH is 1. The number of hydrogen-bond acceptors (Lipinski definition) is 4. The molecule has 0 unspecified atom stereocenters. The molecule has 4 nitrogen and oxygen atoms in total. The van der Waals surface area contributed by atoms with Crippen LogP contribution in [0.15, 0.2) is 53.2 Å². The fraction of sp³-hybridized carbons (Fsp3) is 0.125. The highest BCUT2D eigenvalue weighted by Crippen LogP contribution is 2.26. The molecule has 0 aliphatic carbocycles. The summed E-state index contributed by atoms with van der Waals surface area (Å²) in [6, 6.07) is 11.8. The first kappa shape index (κ1) is 12.6. The van der Waals surface area contributed by atoms with Crippen molar-refractivity contribution in [2.24, 2.45) is 0 Å². The molecule has 4 heteroatoms. The third kappa shape index (κ3) is 2.33. The maximum absolute atomic E-state index is 9.17. The zero-order valence-corrected chi connectivity index (χ0v) is 11.1. The van der Waals surface area contributed by atoms with Crippen LogP contribution in [-0.2, 0) is 6.61 Å². The van der Waals surface area contributed by atoms with Crippen LogP contribution < -0.4 is 0 Å². The number of nitrogens with zero attached hydrogens (tertiary/aromatic N) is 2. The Hall–Kier alpha value is -2.46. The summed E-state index contributed by atoms with van der Waals surface area (Å²) < 4.78 is 5.56. The van der Waals surface area contributed by atoms with Gasteiger partial charge in [-0.2, -0.15) is 0 Å². The molecule has 0 spiro atoms. The van der Waals surface area contributed by atoms with Crippen LogP contribution in [0.1, 0.15) is 11.5 Å². The fourth-order valence-electron chi connectivity index (χ4n) is 2.06. The van der Waals surface area contributed by atoms with E-state index >= 15 is 0 Å². The fourth-order valence-corrected chi connectivity index (χ4v) is 2.06. The summed E-state index contributed by atoms with van der Waals surface area (Å²) in [7, 11) is 0. The third-order valence-corrected chi connectivity index (χ3v) is 3.14. The molecule has 20 heavy (non-hydrogen) atoms. The highest BCUT2D eigenvalue weighted by Gasteiger charge is 2.11. The van der Waals surface area contributed by atoms with Crippen molar-refractivity contribution in [3.63, 3.8) is 0 Å². The van der Waals surface area contributed by atoms with E-state index in [9.17, 15) is 0 Å². The lowest BCUT2D eigenvalue weighted by Crippen LogP contribution is -1.82. The van der Waals surface area contributed by atoms with Gasteiger partial charge in [-0.05, 0) is 30.7 Å². The van der Waals surface area contributed by atoms with E-state index in [0.717, 1.165) is 16.7 Å². The Morgan fingerprint density at radius 1 is 1.10 bits per heavy atom. The summed E-state index contributed by atoms with van der Waals surface area (Å²) >= 11 is 0. The molecule has 0 fully saturated rings. The van der Waals surface area contributed by atoms with Gasteiger partial charge < -0.3 is 9.52 Å². The Morgan fingerprint density at radius 2 is 1.90 bits per heavy atom. The summed E-state index contributed by atoms with van der Waals surface area (Å²) in [5.74, 6) is 1.03. The average molecular weight is 266 g/mol. The first-order valence-electron chi connectivity index (χ1n) is 6.36. The van der Waals surface area contributed by atoms with Crippen LogP contribution in [0.25, 0.3) is 22.6 Å². The van der Waals surface area contributed by atoms with Crippen molar-refractivity contribution < 1.29 is 9.52 Å². The molecule has 2 aromatic heterocycles. The van der Waals surface area contributed by atoms with Gasteiger partial charge in [0.2, 0.25) is 5.89 Å². The number of benzene rings is 1. The monoisotopic (exact) mass is 266 g/mol. The molecule has 0 saturated heterocycles. The van der Waals surface area contributed by atoms with Crippen LogP contribution in [0.5, 0.6) is 0 Å². The molecule has 100 valence electrons. The molecule has 0 saturated carbocycles. The summed E-state index contributed by atoms with van der Waals surface area (Å²) in [5.41, 5.74) is 3.69. The number of hydrogen-bond donors (Lipinski definition) is 1. The molecule has 1 aromatic carbocycles. The van der Waals surface area contributed by atoms with Crippen LogP contribution in [0, 0.1) is 6.92 Å². The van der Waals surface area contributed by atoms with Gasteiger partial charge in [-0.3, -0.25) is 4.98 Å². The topological polar surface area (TPSA) is 59.2 Å². The molecule has 1 N–H and O–H groups in total. The molecule has 0 amide bonds. The number of aliphatic hydroxyl groups is 1. The van der Waals surface area contributed by atoms with Crippen LogP contribution in [0.2, 0.25) is 0 Å². The number of rotatable bonds is 3. The zero-order chi connectivity index (χ0) is 13.9. The van der Waals surface area contributed by atoms with Gasteiger partial charge in [-0.1, -0.05) is 18.2 Å². The van der Waals surface area contributed by atoms with Gasteiger partial charge in [-0.15, -0.1) is 0 Å². The highest BCUT2D eigenvalue weighted by atomic mass is 16.4. The van der Waals surface area contributed by atoms with E-state index in [2.05, 4.69) is 9.97 Å². The minimum atomic E-state index is -0.138. The number of aromatic nitrogens is 2. The van der Waals surface area contributed by atoms with E-state index in [4.69, 9.17) is 9.52 Å². The average Bonchev–Trinajstić information content (AvgIpc) is 2.89. The van der Waals surface area contributed by atoms with Gasteiger partial charge in [-0.25, -0.2) is 4.98 Å². The molecule has 3 aromatic rings. The van der Waals surface area contributed by atoms with Crippen molar-refractivity contribution in [2.75, 3.05) is 0 Å². The Balaban J connectivity index is 2.03. The maximum Gasteiger partial charge on any atom is 0.226 e.